The van der Waals surface area contributed by atoms with Crippen LogP contribution >= 0.6 is 0 Å². The number of carbonyl (C=O) groups excluding carboxylic acids is 1. The number of rotatable bonds is 3. The van der Waals surface area contributed by atoms with Gasteiger partial charge in [-0.25, -0.2) is 0 Å². The van der Waals surface area contributed by atoms with E-state index in [0.29, 0.717) is 5.92 Å². The Morgan fingerprint density at radius 2 is 1.67 bits per heavy atom. The Hall–Kier alpha value is -1.31. The first-order valence-electron chi connectivity index (χ1n) is 6.74. The van der Waals surface area contributed by atoms with Gasteiger partial charge in [0.2, 0.25) is 5.91 Å². The summed E-state index contributed by atoms with van der Waals surface area (Å²) in [5.74, 6) is 0.475. The van der Waals surface area contributed by atoms with E-state index < -0.39 is 0 Å². The zero-order chi connectivity index (χ0) is 14.3. The Labute approximate surface area is 112 Å². The van der Waals surface area contributed by atoms with Gasteiger partial charge in [-0.1, -0.05) is 45.0 Å². The zero-order valence-electron chi connectivity index (χ0n) is 12.8. The Morgan fingerprint density at radius 3 is 2.11 bits per heavy atom. The van der Waals surface area contributed by atoms with Gasteiger partial charge >= 0.3 is 0 Å². The number of benzene rings is 1. The molecule has 2 atom stereocenters. The predicted molar refractivity (Wildman–Crippen MR) is 78.8 cm³/mol. The zero-order valence-corrected chi connectivity index (χ0v) is 12.8. The number of carbonyl (C=O) groups is 1. The molecule has 0 aliphatic carbocycles. The summed E-state index contributed by atoms with van der Waals surface area (Å²) >= 11 is 0. The van der Waals surface area contributed by atoms with Gasteiger partial charge in [0.1, 0.15) is 0 Å². The molecule has 0 radical (unpaired) electrons. The van der Waals surface area contributed by atoms with Gasteiger partial charge in [-0.3, -0.25) is 4.79 Å². The molecule has 0 saturated heterocycles. The third-order valence-corrected chi connectivity index (χ3v) is 3.51. The van der Waals surface area contributed by atoms with Gasteiger partial charge in [-0.2, -0.15) is 0 Å². The maximum Gasteiger partial charge on any atom is 0.219 e. The molecule has 1 rings (SSSR count). The van der Waals surface area contributed by atoms with Crippen LogP contribution in [0.4, 0.5) is 0 Å². The molecule has 0 aliphatic heterocycles. The van der Waals surface area contributed by atoms with Crippen LogP contribution in [0.2, 0.25) is 0 Å². The molecular formula is C16H27NO. The van der Waals surface area contributed by atoms with Gasteiger partial charge < -0.3 is 4.90 Å². The highest BCUT2D eigenvalue weighted by atomic mass is 16.2. The molecule has 2 heteroatoms. The lowest BCUT2D eigenvalue weighted by Gasteiger charge is -2.30. The van der Waals surface area contributed by atoms with E-state index in [1.807, 2.05) is 27.0 Å². The Balaban J connectivity index is 0.00000137. The van der Waals surface area contributed by atoms with Crippen molar-refractivity contribution in [3.05, 3.63) is 35.4 Å². The fourth-order valence-electron chi connectivity index (χ4n) is 1.98. The van der Waals surface area contributed by atoms with Gasteiger partial charge in [0.05, 0.1) is 0 Å². The maximum absolute atomic E-state index is 11.3. The van der Waals surface area contributed by atoms with E-state index in [0.717, 1.165) is 0 Å². The van der Waals surface area contributed by atoms with Gasteiger partial charge in [-0.15, -0.1) is 0 Å². The Bertz CT molecular complexity index is 373. The molecule has 0 aliphatic rings. The van der Waals surface area contributed by atoms with Crippen molar-refractivity contribution in [1.29, 1.82) is 0 Å². The molecule has 0 N–H and O–H groups in total. The Morgan fingerprint density at radius 1 is 1.17 bits per heavy atom. The minimum atomic E-state index is 0.118. The number of aryl methyl sites for hydroxylation is 1. The smallest absolute Gasteiger partial charge is 0.219 e. The summed E-state index contributed by atoms with van der Waals surface area (Å²) in [6.45, 7) is 12.0. The third-order valence-electron chi connectivity index (χ3n) is 3.51. The van der Waals surface area contributed by atoms with Crippen LogP contribution in [0.25, 0.3) is 0 Å². The fourth-order valence-corrected chi connectivity index (χ4v) is 1.98. The van der Waals surface area contributed by atoms with E-state index in [4.69, 9.17) is 0 Å². The average Bonchev–Trinajstić information content (AvgIpc) is 2.39. The summed E-state index contributed by atoms with van der Waals surface area (Å²) in [7, 11) is 1.86. The van der Waals surface area contributed by atoms with Gasteiger partial charge in [0, 0.05) is 25.9 Å². The minimum Gasteiger partial charge on any atom is -0.343 e. The monoisotopic (exact) mass is 249 g/mol. The molecule has 0 spiro atoms. The van der Waals surface area contributed by atoms with Crippen LogP contribution in [0.1, 0.15) is 51.7 Å². The highest BCUT2D eigenvalue weighted by Gasteiger charge is 2.21. The van der Waals surface area contributed by atoms with Crippen LogP contribution in [-0.4, -0.2) is 23.9 Å². The van der Waals surface area contributed by atoms with Crippen molar-refractivity contribution in [1.82, 2.24) is 4.90 Å². The lowest BCUT2D eigenvalue weighted by atomic mass is 9.90. The lowest BCUT2D eigenvalue weighted by molar-refractivity contribution is -0.129. The van der Waals surface area contributed by atoms with E-state index in [1.54, 1.807) is 11.8 Å². The number of hydrogen-bond donors (Lipinski definition) is 0. The van der Waals surface area contributed by atoms with Crippen LogP contribution in [0.15, 0.2) is 24.3 Å². The average molecular weight is 249 g/mol. The van der Waals surface area contributed by atoms with Gasteiger partial charge in [0.25, 0.3) is 0 Å². The summed E-state index contributed by atoms with van der Waals surface area (Å²) in [6.07, 6.45) is 0. The second-order valence-electron chi connectivity index (χ2n) is 4.52. The normalized spacial score (nSPS) is 13.1. The molecule has 0 fully saturated rings. The van der Waals surface area contributed by atoms with Crippen molar-refractivity contribution in [3.63, 3.8) is 0 Å². The number of likely N-dealkylation sites (N-methyl/N-ethyl adjacent to an activating group) is 1. The minimum absolute atomic E-state index is 0.118. The van der Waals surface area contributed by atoms with Crippen LogP contribution in [0.5, 0.6) is 0 Å². The van der Waals surface area contributed by atoms with Gasteiger partial charge in [-0.05, 0) is 25.0 Å². The number of nitrogens with zero attached hydrogens (tertiary/aromatic N) is 1. The fraction of sp³-hybridized carbons (Fsp3) is 0.562. The van der Waals surface area contributed by atoms with Crippen molar-refractivity contribution in [2.24, 2.45) is 0 Å². The second kappa shape index (κ2) is 7.91. The standard InChI is InChI=1S/C14H21NO.C2H6/c1-10-8-6-7-9-14(10)11(2)12(3)15(5)13(4)16;1-2/h6-9,11-12H,1-5H3;1-2H3. The molecule has 1 aromatic rings. The molecule has 0 heterocycles. The highest BCUT2D eigenvalue weighted by molar-refractivity contribution is 5.73. The van der Waals surface area contributed by atoms with Crippen LogP contribution in [0.3, 0.4) is 0 Å². The molecule has 0 bridgehead atoms. The second-order valence-corrected chi connectivity index (χ2v) is 4.52. The number of hydrogen-bond acceptors (Lipinski definition) is 1. The molecule has 18 heavy (non-hydrogen) atoms. The lowest BCUT2D eigenvalue weighted by Crippen LogP contribution is -2.36. The van der Waals surface area contributed by atoms with E-state index in [9.17, 15) is 4.79 Å². The maximum atomic E-state index is 11.3. The van der Waals surface area contributed by atoms with Gasteiger partial charge in [0.15, 0.2) is 0 Å². The van der Waals surface area contributed by atoms with Crippen molar-refractivity contribution < 1.29 is 4.79 Å². The molecule has 102 valence electrons. The van der Waals surface area contributed by atoms with E-state index >= 15 is 0 Å². The predicted octanol–water partition coefficient (Wildman–Crippen LogP) is 3.99. The molecule has 1 aromatic carbocycles. The highest BCUT2D eigenvalue weighted by Crippen LogP contribution is 2.24. The summed E-state index contributed by atoms with van der Waals surface area (Å²) in [5, 5.41) is 0. The van der Waals surface area contributed by atoms with E-state index in [1.165, 1.54) is 11.1 Å². The molecule has 1 amide bonds. The molecule has 2 unspecified atom stereocenters. The quantitative estimate of drug-likeness (QED) is 0.793. The summed E-state index contributed by atoms with van der Waals surface area (Å²) in [5.41, 5.74) is 2.61. The van der Waals surface area contributed by atoms with Crippen LogP contribution in [0, 0.1) is 6.92 Å². The largest absolute Gasteiger partial charge is 0.343 e. The molecular weight excluding hydrogens is 222 g/mol. The first kappa shape index (κ1) is 16.7. The third kappa shape index (κ3) is 4.17. The summed E-state index contributed by atoms with van der Waals surface area (Å²) < 4.78 is 0. The van der Waals surface area contributed by atoms with Crippen LogP contribution in [-0.2, 0) is 4.79 Å². The van der Waals surface area contributed by atoms with E-state index in [2.05, 4.69) is 39.0 Å². The van der Waals surface area contributed by atoms with Crippen molar-refractivity contribution >= 4 is 5.91 Å². The van der Waals surface area contributed by atoms with Crippen LogP contribution < -0.4 is 0 Å². The topological polar surface area (TPSA) is 20.3 Å². The van der Waals surface area contributed by atoms with Crippen molar-refractivity contribution in [2.45, 2.75) is 53.5 Å². The Kier molecular flexibility index (Phi) is 7.33. The van der Waals surface area contributed by atoms with Crippen molar-refractivity contribution in [3.8, 4) is 0 Å². The van der Waals surface area contributed by atoms with E-state index in [-0.39, 0.29) is 11.9 Å². The number of amides is 1. The molecule has 0 saturated carbocycles. The molecule has 2 nitrogen and oxygen atoms in total. The SMILES string of the molecule is CC.CC(=O)N(C)C(C)C(C)c1ccccc1C. The first-order chi connectivity index (χ1) is 8.45. The molecule has 0 aromatic heterocycles. The summed E-state index contributed by atoms with van der Waals surface area (Å²) in [6, 6.07) is 8.58. The van der Waals surface area contributed by atoms with Crippen molar-refractivity contribution in [2.75, 3.05) is 7.05 Å². The summed E-state index contributed by atoms with van der Waals surface area (Å²) in [4.78, 5) is 13.1. The first-order valence-corrected chi connectivity index (χ1v) is 6.74.